The van der Waals surface area contributed by atoms with Crippen LogP contribution in [0, 0.1) is 5.92 Å². The number of hydrogen-bond acceptors (Lipinski definition) is 3. The van der Waals surface area contributed by atoms with Crippen molar-refractivity contribution < 1.29 is 14.1 Å². The number of aromatic nitrogens is 1. The lowest BCUT2D eigenvalue weighted by Gasteiger charge is -2.28. The van der Waals surface area contributed by atoms with Gasteiger partial charge >= 0.3 is 0 Å². The minimum Gasteiger partial charge on any atom is -0.435 e. The van der Waals surface area contributed by atoms with Crippen molar-refractivity contribution in [2.75, 3.05) is 18.4 Å². The van der Waals surface area contributed by atoms with Crippen LogP contribution in [0.25, 0.3) is 11.1 Å². The number of hydrogen-bond donors (Lipinski definition) is 2. The van der Waals surface area contributed by atoms with E-state index in [9.17, 15) is 4.79 Å². The van der Waals surface area contributed by atoms with Gasteiger partial charge in [-0.05, 0) is 37.1 Å². The van der Waals surface area contributed by atoms with Gasteiger partial charge in [-0.3, -0.25) is 4.79 Å². The normalized spacial score (nSPS) is 20.5. The summed E-state index contributed by atoms with van der Waals surface area (Å²) < 4.78 is 5.83. The number of nitrogens with zero attached hydrogens (tertiary/aromatic N) is 1. The SMILES string of the molecule is O=C(Nc1ccccc1)[C@@H]1CCC[NH+](Cc2nc3ccccc3o2)C1. The highest BCUT2D eigenvalue weighted by Gasteiger charge is 2.29. The molecular formula is C20H22N3O2+. The van der Waals surface area contributed by atoms with Crippen molar-refractivity contribution in [3.05, 3.63) is 60.5 Å². The van der Waals surface area contributed by atoms with Gasteiger partial charge in [-0.2, -0.15) is 0 Å². The Bertz CT molecular complexity index is 827. The Morgan fingerprint density at radius 1 is 1.16 bits per heavy atom. The van der Waals surface area contributed by atoms with Gasteiger partial charge in [0.15, 0.2) is 12.1 Å². The van der Waals surface area contributed by atoms with Crippen molar-refractivity contribution >= 4 is 22.7 Å². The number of nitrogens with one attached hydrogen (secondary N) is 2. The monoisotopic (exact) mass is 336 g/mol. The highest BCUT2D eigenvalue weighted by molar-refractivity contribution is 5.92. The van der Waals surface area contributed by atoms with Crippen LogP contribution in [0.5, 0.6) is 0 Å². The first-order valence-corrected chi connectivity index (χ1v) is 8.82. The fourth-order valence-corrected chi connectivity index (χ4v) is 3.51. The average molecular weight is 336 g/mol. The van der Waals surface area contributed by atoms with Gasteiger partial charge in [-0.15, -0.1) is 0 Å². The number of para-hydroxylation sites is 3. The maximum absolute atomic E-state index is 12.5. The third-order valence-corrected chi connectivity index (χ3v) is 4.77. The minimum absolute atomic E-state index is 0.0355. The Labute approximate surface area is 146 Å². The molecule has 1 aromatic heterocycles. The highest BCUT2D eigenvalue weighted by Crippen LogP contribution is 2.15. The summed E-state index contributed by atoms with van der Waals surface area (Å²) in [5.74, 6) is 0.898. The van der Waals surface area contributed by atoms with Gasteiger partial charge in [0.1, 0.15) is 5.52 Å². The fraction of sp³-hybridized carbons (Fsp3) is 0.300. The molecule has 1 saturated heterocycles. The number of carbonyl (C=O) groups is 1. The summed E-state index contributed by atoms with van der Waals surface area (Å²) in [6, 6.07) is 17.5. The number of benzene rings is 2. The van der Waals surface area contributed by atoms with Gasteiger partial charge in [0.2, 0.25) is 5.91 Å². The quantitative estimate of drug-likeness (QED) is 0.768. The van der Waals surface area contributed by atoms with Crippen molar-refractivity contribution in [1.82, 2.24) is 4.98 Å². The van der Waals surface area contributed by atoms with Crippen molar-refractivity contribution in [2.45, 2.75) is 19.4 Å². The molecular weight excluding hydrogens is 314 g/mol. The third-order valence-electron chi connectivity index (χ3n) is 4.77. The minimum atomic E-state index is 0.0355. The Hall–Kier alpha value is -2.66. The van der Waals surface area contributed by atoms with Gasteiger partial charge in [0.25, 0.3) is 5.89 Å². The molecule has 0 bridgehead atoms. The van der Waals surface area contributed by atoms with Crippen LogP contribution in [0.2, 0.25) is 0 Å². The van der Waals surface area contributed by atoms with E-state index in [4.69, 9.17) is 4.42 Å². The van der Waals surface area contributed by atoms with Gasteiger partial charge in [-0.1, -0.05) is 30.3 Å². The van der Waals surface area contributed by atoms with Crippen LogP contribution in [0.15, 0.2) is 59.0 Å². The molecule has 0 spiro atoms. The van der Waals surface area contributed by atoms with Crippen molar-refractivity contribution in [1.29, 1.82) is 0 Å². The standard InChI is InChI=1S/C20H21N3O2/c24-20(21-16-8-2-1-3-9-16)15-7-6-12-23(13-15)14-19-22-17-10-4-5-11-18(17)25-19/h1-5,8-11,15H,6-7,12-14H2,(H,21,24)/p+1/t15-/m1/s1. The van der Waals surface area contributed by atoms with Crippen molar-refractivity contribution in [2.24, 2.45) is 5.92 Å². The Morgan fingerprint density at radius 3 is 2.80 bits per heavy atom. The predicted octanol–water partition coefficient (Wildman–Crippen LogP) is 2.26. The van der Waals surface area contributed by atoms with Crippen molar-refractivity contribution in [3.63, 3.8) is 0 Å². The molecule has 2 N–H and O–H groups in total. The second kappa shape index (κ2) is 7.07. The molecule has 25 heavy (non-hydrogen) atoms. The molecule has 0 saturated carbocycles. The summed E-state index contributed by atoms with van der Waals surface area (Å²) in [7, 11) is 0. The highest BCUT2D eigenvalue weighted by atomic mass is 16.3. The molecule has 1 unspecified atom stereocenters. The summed E-state index contributed by atoms with van der Waals surface area (Å²) in [4.78, 5) is 18.5. The molecule has 1 fully saturated rings. The van der Waals surface area contributed by atoms with E-state index in [0.717, 1.165) is 55.2 Å². The molecule has 1 amide bonds. The number of piperidine rings is 1. The Balaban J connectivity index is 1.39. The zero-order valence-corrected chi connectivity index (χ0v) is 14.1. The van der Waals surface area contributed by atoms with Crippen LogP contribution in [-0.2, 0) is 11.3 Å². The Kier molecular flexibility index (Phi) is 4.48. The van der Waals surface area contributed by atoms with E-state index >= 15 is 0 Å². The number of amides is 1. The first-order valence-electron chi connectivity index (χ1n) is 8.82. The van der Waals surface area contributed by atoms with E-state index in [1.54, 1.807) is 0 Å². The molecule has 0 radical (unpaired) electrons. The first-order chi connectivity index (χ1) is 12.3. The smallest absolute Gasteiger partial charge is 0.251 e. The van der Waals surface area contributed by atoms with Gasteiger partial charge in [0.05, 0.1) is 19.0 Å². The van der Waals surface area contributed by atoms with E-state index in [0.29, 0.717) is 0 Å². The third kappa shape index (κ3) is 3.72. The number of oxazole rings is 1. The lowest BCUT2D eigenvalue weighted by atomic mass is 9.97. The molecule has 2 heterocycles. The maximum Gasteiger partial charge on any atom is 0.251 e. The van der Waals surface area contributed by atoms with Crippen LogP contribution in [0.1, 0.15) is 18.7 Å². The number of likely N-dealkylation sites (tertiary alicyclic amines) is 1. The predicted molar refractivity (Wildman–Crippen MR) is 96.2 cm³/mol. The molecule has 2 atom stereocenters. The summed E-state index contributed by atoms with van der Waals surface area (Å²) in [5.41, 5.74) is 2.58. The second-order valence-electron chi connectivity index (χ2n) is 6.65. The van der Waals surface area contributed by atoms with E-state index in [2.05, 4.69) is 10.3 Å². The summed E-state index contributed by atoms with van der Waals surface area (Å²) in [6.45, 7) is 2.59. The number of anilines is 1. The molecule has 0 aliphatic carbocycles. The molecule has 4 rings (SSSR count). The van der Waals surface area contributed by atoms with Crippen LogP contribution in [0.3, 0.4) is 0 Å². The molecule has 5 heteroatoms. The van der Waals surface area contributed by atoms with Gasteiger partial charge < -0.3 is 14.6 Å². The first kappa shape index (κ1) is 15.8. The van der Waals surface area contributed by atoms with Crippen molar-refractivity contribution in [3.8, 4) is 0 Å². The molecule has 1 aliphatic rings. The topological polar surface area (TPSA) is 59.6 Å². The molecule has 1 aliphatic heterocycles. The van der Waals surface area contributed by atoms with E-state index in [-0.39, 0.29) is 11.8 Å². The largest absolute Gasteiger partial charge is 0.435 e. The number of quaternary nitrogens is 1. The summed E-state index contributed by atoms with van der Waals surface area (Å²) in [6.07, 6.45) is 1.98. The zero-order chi connectivity index (χ0) is 17.1. The average Bonchev–Trinajstić information content (AvgIpc) is 3.05. The van der Waals surface area contributed by atoms with Crippen LogP contribution in [0.4, 0.5) is 5.69 Å². The summed E-state index contributed by atoms with van der Waals surface area (Å²) >= 11 is 0. The molecule has 2 aromatic carbocycles. The van der Waals surface area contributed by atoms with Crippen LogP contribution < -0.4 is 10.2 Å². The summed E-state index contributed by atoms with van der Waals surface area (Å²) in [5, 5.41) is 3.03. The van der Waals surface area contributed by atoms with E-state index in [1.807, 2.05) is 54.6 Å². The van der Waals surface area contributed by atoms with E-state index in [1.165, 1.54) is 4.90 Å². The number of fused-ring (bicyclic) bond motifs is 1. The number of carbonyl (C=O) groups excluding carboxylic acids is 1. The van der Waals surface area contributed by atoms with Crippen LogP contribution in [-0.4, -0.2) is 24.0 Å². The fourth-order valence-electron chi connectivity index (χ4n) is 3.51. The molecule has 3 aromatic rings. The maximum atomic E-state index is 12.5. The lowest BCUT2D eigenvalue weighted by Crippen LogP contribution is -3.12. The lowest BCUT2D eigenvalue weighted by molar-refractivity contribution is -0.922. The Morgan fingerprint density at radius 2 is 1.96 bits per heavy atom. The number of rotatable bonds is 4. The van der Waals surface area contributed by atoms with Gasteiger partial charge in [-0.25, -0.2) is 4.98 Å². The van der Waals surface area contributed by atoms with Crippen LogP contribution >= 0.6 is 0 Å². The van der Waals surface area contributed by atoms with Gasteiger partial charge in [0, 0.05) is 5.69 Å². The zero-order valence-electron chi connectivity index (χ0n) is 14.1. The molecule has 128 valence electrons. The molecule has 5 nitrogen and oxygen atoms in total. The van der Waals surface area contributed by atoms with E-state index < -0.39 is 0 Å². The second-order valence-corrected chi connectivity index (χ2v) is 6.65.